The van der Waals surface area contributed by atoms with Crippen molar-refractivity contribution in [3.63, 3.8) is 0 Å². The number of thioether (sulfide) groups is 1. The molecule has 0 saturated carbocycles. The number of hydrogen-bond donors (Lipinski definition) is 1. The third-order valence-electron chi connectivity index (χ3n) is 1.15. The summed E-state index contributed by atoms with van der Waals surface area (Å²) < 4.78 is 4.08. The third-order valence-corrected chi connectivity index (χ3v) is 2.93. The Kier molecular flexibility index (Phi) is 2.95. The number of nitriles is 1. The Labute approximate surface area is 79.7 Å². The molecular weight excluding hydrogens is 190 g/mol. The average molecular weight is 199 g/mol. The molecule has 64 valence electrons. The standard InChI is InChI=1S/C7H9N3S2/c1-4(2)11-7-5(3-8)6(9)12-10-7/h4H,9H2,1-2H3. The van der Waals surface area contributed by atoms with E-state index in [1.807, 2.05) is 0 Å². The molecule has 0 radical (unpaired) electrons. The molecule has 1 rings (SSSR count). The number of nitrogen functional groups attached to an aromatic ring is 1. The van der Waals surface area contributed by atoms with Gasteiger partial charge in [-0.15, -0.1) is 11.8 Å². The molecule has 1 aromatic heterocycles. The van der Waals surface area contributed by atoms with Gasteiger partial charge in [-0.25, -0.2) is 0 Å². The van der Waals surface area contributed by atoms with Gasteiger partial charge in [-0.2, -0.15) is 9.64 Å². The number of nitrogens with two attached hydrogens (primary N) is 1. The molecule has 3 nitrogen and oxygen atoms in total. The van der Waals surface area contributed by atoms with Gasteiger partial charge in [0.2, 0.25) is 0 Å². The van der Waals surface area contributed by atoms with Crippen LogP contribution >= 0.6 is 23.3 Å². The highest BCUT2D eigenvalue weighted by molar-refractivity contribution is 7.99. The first kappa shape index (κ1) is 9.36. The van der Waals surface area contributed by atoms with Crippen LogP contribution in [0.1, 0.15) is 19.4 Å². The molecule has 0 aliphatic carbocycles. The maximum atomic E-state index is 8.72. The number of anilines is 1. The van der Waals surface area contributed by atoms with Crippen LogP contribution in [0, 0.1) is 11.3 Å². The van der Waals surface area contributed by atoms with E-state index in [2.05, 4.69) is 24.3 Å². The van der Waals surface area contributed by atoms with Gasteiger partial charge in [0.1, 0.15) is 21.7 Å². The van der Waals surface area contributed by atoms with E-state index < -0.39 is 0 Å². The summed E-state index contributed by atoms with van der Waals surface area (Å²) in [5.41, 5.74) is 6.07. The molecule has 0 saturated heterocycles. The van der Waals surface area contributed by atoms with Gasteiger partial charge in [0, 0.05) is 5.25 Å². The van der Waals surface area contributed by atoms with E-state index in [-0.39, 0.29) is 0 Å². The predicted octanol–water partition coefficient (Wildman–Crippen LogP) is 2.10. The van der Waals surface area contributed by atoms with Crippen LogP contribution in [0.3, 0.4) is 0 Å². The highest BCUT2D eigenvalue weighted by atomic mass is 32.2. The first-order chi connectivity index (χ1) is 5.65. The average Bonchev–Trinajstić information content (AvgIpc) is 2.30. The minimum atomic E-state index is 0.429. The Morgan fingerprint density at radius 3 is 2.83 bits per heavy atom. The number of nitrogens with zero attached hydrogens (tertiary/aromatic N) is 2. The SMILES string of the molecule is CC(C)Sc1nsc(N)c1C#N. The monoisotopic (exact) mass is 199 g/mol. The summed E-state index contributed by atoms with van der Waals surface area (Å²) in [6.07, 6.45) is 0. The van der Waals surface area contributed by atoms with Crippen molar-refractivity contribution in [2.75, 3.05) is 5.73 Å². The Morgan fingerprint density at radius 2 is 2.33 bits per heavy atom. The fourth-order valence-electron chi connectivity index (χ4n) is 0.694. The summed E-state index contributed by atoms with van der Waals surface area (Å²) in [5, 5.41) is 10.4. The maximum absolute atomic E-state index is 8.72. The summed E-state index contributed by atoms with van der Waals surface area (Å²) in [7, 11) is 0. The fraction of sp³-hybridized carbons (Fsp3) is 0.429. The molecule has 0 amide bonds. The third kappa shape index (κ3) is 1.90. The van der Waals surface area contributed by atoms with Crippen molar-refractivity contribution in [1.82, 2.24) is 4.37 Å². The van der Waals surface area contributed by atoms with Crippen molar-refractivity contribution < 1.29 is 0 Å². The molecule has 12 heavy (non-hydrogen) atoms. The summed E-state index contributed by atoms with van der Waals surface area (Å²) in [4.78, 5) is 0. The lowest BCUT2D eigenvalue weighted by molar-refractivity contribution is 1.10. The van der Waals surface area contributed by atoms with Crippen molar-refractivity contribution in [2.24, 2.45) is 0 Å². The Balaban J connectivity index is 2.94. The topological polar surface area (TPSA) is 62.7 Å². The maximum Gasteiger partial charge on any atom is 0.130 e. The van der Waals surface area contributed by atoms with Gasteiger partial charge >= 0.3 is 0 Å². The lowest BCUT2D eigenvalue weighted by Gasteiger charge is -1.99. The van der Waals surface area contributed by atoms with E-state index in [1.165, 1.54) is 11.5 Å². The Morgan fingerprint density at radius 1 is 1.67 bits per heavy atom. The van der Waals surface area contributed by atoms with E-state index in [9.17, 15) is 0 Å². The van der Waals surface area contributed by atoms with Gasteiger partial charge in [0.15, 0.2) is 0 Å². The predicted molar refractivity (Wildman–Crippen MR) is 52.2 cm³/mol. The molecular formula is C7H9N3S2. The van der Waals surface area contributed by atoms with E-state index >= 15 is 0 Å². The number of hydrogen-bond acceptors (Lipinski definition) is 5. The summed E-state index contributed by atoms with van der Waals surface area (Å²) in [5.74, 6) is 0. The van der Waals surface area contributed by atoms with E-state index in [4.69, 9.17) is 11.0 Å². The molecule has 2 N–H and O–H groups in total. The lowest BCUT2D eigenvalue weighted by Crippen LogP contribution is -1.89. The van der Waals surface area contributed by atoms with Crippen LogP contribution in [-0.2, 0) is 0 Å². The molecule has 1 heterocycles. The van der Waals surface area contributed by atoms with Crippen LogP contribution in [0.5, 0.6) is 0 Å². The van der Waals surface area contributed by atoms with Gasteiger partial charge in [-0.1, -0.05) is 13.8 Å². The fourth-order valence-corrected chi connectivity index (χ4v) is 2.27. The van der Waals surface area contributed by atoms with Gasteiger partial charge in [0.25, 0.3) is 0 Å². The summed E-state index contributed by atoms with van der Waals surface area (Å²) >= 11 is 2.75. The molecule has 1 aromatic rings. The van der Waals surface area contributed by atoms with Crippen molar-refractivity contribution in [2.45, 2.75) is 24.1 Å². The minimum absolute atomic E-state index is 0.429. The van der Waals surface area contributed by atoms with Crippen LogP contribution in [-0.4, -0.2) is 9.62 Å². The Hall–Kier alpha value is -0.730. The van der Waals surface area contributed by atoms with Crippen LogP contribution in [0.15, 0.2) is 5.03 Å². The van der Waals surface area contributed by atoms with Crippen molar-refractivity contribution >= 4 is 28.3 Å². The molecule has 0 aromatic carbocycles. The second-order valence-corrected chi connectivity index (χ2v) is 4.88. The summed E-state index contributed by atoms with van der Waals surface area (Å²) in [6, 6.07) is 2.05. The molecule has 0 aliphatic heterocycles. The second-order valence-electron chi connectivity index (χ2n) is 2.51. The van der Waals surface area contributed by atoms with Crippen molar-refractivity contribution in [3.8, 4) is 6.07 Å². The highest BCUT2D eigenvalue weighted by Gasteiger charge is 2.12. The normalized spacial score (nSPS) is 10.2. The minimum Gasteiger partial charge on any atom is -0.388 e. The molecule has 0 bridgehead atoms. The van der Waals surface area contributed by atoms with Gasteiger partial charge in [-0.3, -0.25) is 0 Å². The quantitative estimate of drug-likeness (QED) is 0.741. The van der Waals surface area contributed by atoms with E-state index in [0.29, 0.717) is 15.8 Å². The zero-order chi connectivity index (χ0) is 9.14. The van der Waals surface area contributed by atoms with Crippen molar-refractivity contribution in [1.29, 1.82) is 5.26 Å². The molecule has 0 atom stereocenters. The smallest absolute Gasteiger partial charge is 0.130 e. The van der Waals surface area contributed by atoms with Crippen molar-refractivity contribution in [3.05, 3.63) is 5.56 Å². The summed E-state index contributed by atoms with van der Waals surface area (Å²) in [6.45, 7) is 4.11. The molecule has 0 fully saturated rings. The zero-order valence-corrected chi connectivity index (χ0v) is 8.50. The second kappa shape index (κ2) is 3.78. The molecule has 0 aliphatic rings. The number of rotatable bonds is 2. The van der Waals surface area contributed by atoms with Crippen LogP contribution in [0.4, 0.5) is 5.00 Å². The zero-order valence-electron chi connectivity index (χ0n) is 6.87. The van der Waals surface area contributed by atoms with E-state index in [1.54, 1.807) is 11.8 Å². The molecule has 0 spiro atoms. The molecule has 0 unspecified atom stereocenters. The first-order valence-electron chi connectivity index (χ1n) is 3.47. The Bertz CT molecular complexity index is 311. The largest absolute Gasteiger partial charge is 0.388 e. The van der Waals surface area contributed by atoms with Gasteiger partial charge in [-0.05, 0) is 11.5 Å². The van der Waals surface area contributed by atoms with Crippen LogP contribution in [0.2, 0.25) is 0 Å². The van der Waals surface area contributed by atoms with Crippen LogP contribution in [0.25, 0.3) is 0 Å². The molecule has 5 heteroatoms. The first-order valence-corrected chi connectivity index (χ1v) is 5.12. The number of aromatic nitrogens is 1. The van der Waals surface area contributed by atoms with Crippen LogP contribution < -0.4 is 5.73 Å². The van der Waals surface area contributed by atoms with E-state index in [0.717, 1.165) is 5.03 Å². The van der Waals surface area contributed by atoms with Gasteiger partial charge < -0.3 is 5.73 Å². The highest BCUT2D eigenvalue weighted by Crippen LogP contribution is 2.30. The lowest BCUT2D eigenvalue weighted by atomic mass is 10.4. The van der Waals surface area contributed by atoms with Gasteiger partial charge in [0.05, 0.1) is 0 Å².